The molecule has 1 aliphatic heterocycles. The Hall–Kier alpha value is -1.64. The van der Waals surface area contributed by atoms with Crippen LogP contribution in [-0.4, -0.2) is 11.0 Å². The summed E-state index contributed by atoms with van der Waals surface area (Å²) in [6.45, 7) is 0. The number of allylic oxidation sites excluding steroid dienone is 4. The van der Waals surface area contributed by atoms with Gasteiger partial charge in [-0.3, -0.25) is 4.79 Å². The van der Waals surface area contributed by atoms with Crippen LogP contribution in [0.15, 0.2) is 65.9 Å². The molecule has 99 valence electrons. The quantitative estimate of drug-likeness (QED) is 0.602. The van der Waals surface area contributed by atoms with Gasteiger partial charge in [0.25, 0.3) is 5.91 Å². The van der Waals surface area contributed by atoms with Crippen LogP contribution in [0.25, 0.3) is 0 Å². The number of aliphatic hydroxyl groups is 1. The van der Waals surface area contributed by atoms with Gasteiger partial charge in [-0.15, -0.1) is 6.08 Å². The Kier molecular flexibility index (Phi) is 3.74. The number of nitrogens with one attached hydrogen (secondary N) is 1. The van der Waals surface area contributed by atoms with Gasteiger partial charge in [-0.25, -0.2) is 0 Å². The van der Waals surface area contributed by atoms with E-state index < -0.39 is 11.5 Å². The summed E-state index contributed by atoms with van der Waals surface area (Å²) in [7, 11) is 0. The molecule has 0 aromatic heterocycles. The molecular weight excluding hydrogens is 329 g/mol. The van der Waals surface area contributed by atoms with E-state index in [-0.39, 0.29) is 19.5 Å². The number of amides is 1. The summed E-state index contributed by atoms with van der Waals surface area (Å²) in [6.07, 6.45) is 9.05. The third-order valence-corrected chi connectivity index (χ3v) is 3.20. The van der Waals surface area contributed by atoms with Crippen molar-refractivity contribution in [2.24, 2.45) is 0 Å². The average Bonchev–Trinajstić information content (AvgIpc) is 2.59. The van der Waals surface area contributed by atoms with Crippen LogP contribution in [0.5, 0.6) is 0 Å². The molecule has 3 nitrogen and oxygen atoms in total. The van der Waals surface area contributed by atoms with Gasteiger partial charge in [0.05, 0.1) is 0 Å². The first-order chi connectivity index (χ1) is 8.73. The van der Waals surface area contributed by atoms with Crippen molar-refractivity contribution in [1.29, 1.82) is 0 Å². The third kappa shape index (κ3) is 2.07. The molecule has 1 heterocycles. The first-order valence-electron chi connectivity index (χ1n) is 5.75. The van der Waals surface area contributed by atoms with Crippen LogP contribution in [0.1, 0.15) is 5.56 Å². The molecule has 0 unspecified atom stereocenters. The Balaban J connectivity index is 0.00000133. The van der Waals surface area contributed by atoms with E-state index in [1.54, 1.807) is 24.3 Å². The summed E-state index contributed by atoms with van der Waals surface area (Å²) in [4.78, 5) is 12.1. The summed E-state index contributed by atoms with van der Waals surface area (Å²) >= 11 is 0. The van der Waals surface area contributed by atoms with Crippen molar-refractivity contribution >= 4 is 5.91 Å². The molecule has 1 aromatic carbocycles. The van der Waals surface area contributed by atoms with Crippen LogP contribution in [-0.2, 0) is 29.9 Å². The van der Waals surface area contributed by atoms with Gasteiger partial charge >= 0.3 is 0 Å². The fraction of sp³-hybridized carbons (Fsp3) is 0.0667. The topological polar surface area (TPSA) is 49.3 Å². The minimum atomic E-state index is -1.60. The fourth-order valence-corrected chi connectivity index (χ4v) is 2.27. The minimum Gasteiger partial charge on any atom is -0.383 e. The molecule has 1 fully saturated rings. The Morgan fingerprint density at radius 3 is 2.68 bits per heavy atom. The molecule has 1 radical (unpaired) electrons. The van der Waals surface area contributed by atoms with Gasteiger partial charge in [0, 0.05) is 19.5 Å². The molecule has 2 N–H and O–H groups in total. The molecule has 3 rings (SSSR count). The van der Waals surface area contributed by atoms with Gasteiger partial charge in [0.2, 0.25) is 0 Å². The predicted molar refractivity (Wildman–Crippen MR) is 68.1 cm³/mol. The van der Waals surface area contributed by atoms with Crippen LogP contribution in [0.3, 0.4) is 0 Å². The second-order valence-corrected chi connectivity index (χ2v) is 4.27. The van der Waals surface area contributed by atoms with E-state index in [0.29, 0.717) is 16.8 Å². The maximum Gasteiger partial charge on any atom is 0.252 e. The van der Waals surface area contributed by atoms with Gasteiger partial charge in [0.15, 0.2) is 5.60 Å². The molecule has 1 saturated heterocycles. The number of fused-ring (bicyclic) bond motifs is 1. The molecule has 4 heteroatoms. The van der Waals surface area contributed by atoms with Crippen molar-refractivity contribution in [1.82, 2.24) is 5.32 Å². The van der Waals surface area contributed by atoms with E-state index in [9.17, 15) is 9.90 Å². The zero-order chi connectivity index (χ0) is 12.6. The van der Waals surface area contributed by atoms with Crippen molar-refractivity contribution in [2.75, 3.05) is 0 Å². The van der Waals surface area contributed by atoms with Crippen molar-refractivity contribution in [2.45, 2.75) is 5.60 Å². The van der Waals surface area contributed by atoms with Crippen LogP contribution < -0.4 is 5.32 Å². The van der Waals surface area contributed by atoms with Crippen LogP contribution in [0.2, 0.25) is 0 Å². The second kappa shape index (κ2) is 5.16. The Morgan fingerprint density at radius 1 is 1.21 bits per heavy atom. The van der Waals surface area contributed by atoms with E-state index in [1.807, 2.05) is 36.8 Å². The molecule has 1 amide bonds. The van der Waals surface area contributed by atoms with Gasteiger partial charge < -0.3 is 10.4 Å². The van der Waals surface area contributed by atoms with E-state index in [2.05, 4.69) is 5.32 Å². The first-order valence-corrected chi connectivity index (χ1v) is 5.75. The maximum absolute atomic E-state index is 12.1. The Labute approximate surface area is 124 Å². The number of rotatable bonds is 1. The molecule has 0 saturated carbocycles. The van der Waals surface area contributed by atoms with Crippen molar-refractivity contribution < 1.29 is 29.4 Å². The average molecular weight is 341 g/mol. The van der Waals surface area contributed by atoms with Gasteiger partial charge in [-0.05, 0) is 11.3 Å². The van der Waals surface area contributed by atoms with Crippen LogP contribution in [0.4, 0.5) is 0 Å². The summed E-state index contributed by atoms with van der Waals surface area (Å²) in [6, 6.07) is 8.97. The number of benzene rings is 1. The predicted octanol–water partition coefficient (Wildman–Crippen LogP) is 1.59. The summed E-state index contributed by atoms with van der Waals surface area (Å²) in [5, 5.41) is 13.5. The smallest absolute Gasteiger partial charge is 0.252 e. The summed E-state index contributed by atoms with van der Waals surface area (Å²) < 4.78 is 0. The van der Waals surface area contributed by atoms with E-state index in [1.165, 1.54) is 0 Å². The SMILES string of the molecule is O=C1NC2=CC=C[CH-]C=C2[C@@]1(O)c1ccccc1.[Rh]. The molecule has 0 bridgehead atoms. The number of hydrogen-bond donors (Lipinski definition) is 2. The molecule has 1 aromatic rings. The molecule has 1 aliphatic carbocycles. The van der Waals surface area contributed by atoms with Crippen molar-refractivity contribution in [3.63, 3.8) is 0 Å². The summed E-state index contributed by atoms with van der Waals surface area (Å²) in [5.41, 5.74) is 0.211. The van der Waals surface area contributed by atoms with Crippen molar-refractivity contribution in [3.8, 4) is 0 Å². The minimum absolute atomic E-state index is 0. The molecule has 2 aliphatic rings. The molecule has 0 spiro atoms. The van der Waals surface area contributed by atoms with Crippen LogP contribution >= 0.6 is 0 Å². The maximum atomic E-state index is 12.1. The zero-order valence-electron chi connectivity index (χ0n) is 9.96. The van der Waals surface area contributed by atoms with Gasteiger partial charge in [0.1, 0.15) is 0 Å². The van der Waals surface area contributed by atoms with Gasteiger partial charge in [-0.2, -0.15) is 24.6 Å². The third-order valence-electron chi connectivity index (χ3n) is 3.20. The molecule has 19 heavy (non-hydrogen) atoms. The summed E-state index contributed by atoms with van der Waals surface area (Å²) in [5.74, 6) is -0.407. The number of hydrogen-bond acceptors (Lipinski definition) is 2. The number of carbonyl (C=O) groups is 1. The Bertz CT molecular complexity index is 589. The number of carbonyl (C=O) groups excluding carboxylic acids is 1. The largest absolute Gasteiger partial charge is 0.383 e. The van der Waals surface area contributed by atoms with Crippen LogP contribution in [0, 0.1) is 6.42 Å². The van der Waals surface area contributed by atoms with Gasteiger partial charge in [-0.1, -0.05) is 35.9 Å². The Morgan fingerprint density at radius 2 is 1.95 bits per heavy atom. The second-order valence-electron chi connectivity index (χ2n) is 4.27. The van der Waals surface area contributed by atoms with E-state index >= 15 is 0 Å². The van der Waals surface area contributed by atoms with Crippen molar-refractivity contribution in [3.05, 3.63) is 77.9 Å². The zero-order valence-corrected chi connectivity index (χ0v) is 11.6. The van der Waals surface area contributed by atoms with E-state index in [4.69, 9.17) is 0 Å². The fourth-order valence-electron chi connectivity index (χ4n) is 2.27. The standard InChI is InChI=1S/C15H12NO2.Rh/c17-14-15(18,11-7-3-1-4-8-11)12-9-5-2-6-10-13(12)16-14;/h1-10,18H,(H,16,17);/q-1;/t15-;/m0./s1. The monoisotopic (exact) mass is 341 g/mol. The van der Waals surface area contributed by atoms with E-state index in [0.717, 1.165) is 0 Å². The molecule has 1 atom stereocenters. The normalized spacial score (nSPS) is 24.2. The first kappa shape index (κ1) is 13.8. The molecular formula is C15H12NO2Rh-.